The number of piperidine rings is 1. The Bertz CT molecular complexity index is 602. The van der Waals surface area contributed by atoms with E-state index in [1.165, 1.54) is 37.4 Å². The van der Waals surface area contributed by atoms with Crippen LogP contribution in [0.3, 0.4) is 0 Å². The fourth-order valence-electron chi connectivity index (χ4n) is 3.86. The zero-order chi connectivity index (χ0) is 14.8. The highest BCUT2D eigenvalue weighted by Crippen LogP contribution is 2.40. The number of anilines is 1. The number of hydrogen-bond acceptors (Lipinski definition) is 6. The fraction of sp³-hybridized carbons (Fsp3) is 0.562. The number of rotatable bonds is 3. The average Bonchev–Trinajstić information content (AvgIpc) is 3.19. The second-order valence-corrected chi connectivity index (χ2v) is 7.44. The molecule has 2 fully saturated rings. The highest BCUT2D eigenvalue weighted by Gasteiger charge is 2.42. The van der Waals surface area contributed by atoms with E-state index >= 15 is 0 Å². The first-order valence-corrected chi connectivity index (χ1v) is 8.84. The average molecular weight is 315 g/mol. The molecular weight excluding hydrogens is 294 g/mol. The molecule has 0 bridgehead atoms. The normalized spacial score (nSPS) is 25.9. The third-order valence-corrected chi connectivity index (χ3v) is 5.62. The van der Waals surface area contributed by atoms with Gasteiger partial charge in [-0.05, 0) is 31.9 Å². The fourth-order valence-corrected chi connectivity index (χ4v) is 4.52. The van der Waals surface area contributed by atoms with Crippen molar-refractivity contribution >= 4 is 17.3 Å². The minimum atomic E-state index is 0.411. The maximum Gasteiger partial charge on any atom is 0.225 e. The van der Waals surface area contributed by atoms with Crippen molar-refractivity contribution in [3.63, 3.8) is 0 Å². The van der Waals surface area contributed by atoms with Crippen LogP contribution in [-0.4, -0.2) is 46.0 Å². The van der Waals surface area contributed by atoms with E-state index in [4.69, 9.17) is 0 Å². The van der Waals surface area contributed by atoms with Crippen molar-refractivity contribution < 1.29 is 0 Å². The van der Waals surface area contributed by atoms with E-state index in [1.54, 1.807) is 11.3 Å². The van der Waals surface area contributed by atoms with Gasteiger partial charge in [-0.2, -0.15) is 0 Å². The Kier molecular flexibility index (Phi) is 3.80. The predicted molar refractivity (Wildman–Crippen MR) is 87.9 cm³/mol. The molecule has 2 aromatic heterocycles. The third-order valence-electron chi connectivity index (χ3n) is 4.86. The number of nitrogens with zero attached hydrogens (tertiary/aromatic N) is 5. The van der Waals surface area contributed by atoms with Crippen molar-refractivity contribution in [3.05, 3.63) is 35.0 Å². The van der Waals surface area contributed by atoms with Crippen molar-refractivity contribution in [1.29, 1.82) is 0 Å². The first kappa shape index (κ1) is 14.1. The second-order valence-electron chi connectivity index (χ2n) is 6.46. The lowest BCUT2D eigenvalue weighted by Gasteiger charge is -2.40. The molecule has 0 N–H and O–H groups in total. The second kappa shape index (κ2) is 5.93. The minimum Gasteiger partial charge on any atom is -0.340 e. The Morgan fingerprint density at radius 3 is 2.77 bits per heavy atom. The van der Waals surface area contributed by atoms with E-state index in [2.05, 4.69) is 30.1 Å². The lowest BCUT2D eigenvalue weighted by atomic mass is 9.79. The molecule has 2 saturated heterocycles. The van der Waals surface area contributed by atoms with Gasteiger partial charge in [-0.25, -0.2) is 15.0 Å². The van der Waals surface area contributed by atoms with Crippen molar-refractivity contribution in [3.8, 4) is 0 Å². The number of likely N-dealkylation sites (tertiary alicyclic amines) is 1. The highest BCUT2D eigenvalue weighted by atomic mass is 32.1. The maximum absolute atomic E-state index is 4.43. The summed E-state index contributed by atoms with van der Waals surface area (Å²) in [4.78, 5) is 18.2. The van der Waals surface area contributed by atoms with Crippen LogP contribution < -0.4 is 4.90 Å². The zero-order valence-corrected chi connectivity index (χ0v) is 13.5. The quantitative estimate of drug-likeness (QED) is 0.870. The van der Waals surface area contributed by atoms with E-state index in [-0.39, 0.29) is 0 Å². The largest absolute Gasteiger partial charge is 0.340 e. The Hall–Kier alpha value is -1.53. The summed E-state index contributed by atoms with van der Waals surface area (Å²) in [6, 6.07) is 1.88. The molecule has 2 aliphatic rings. The number of hydrogen-bond donors (Lipinski definition) is 0. The summed E-state index contributed by atoms with van der Waals surface area (Å²) in [6.45, 7) is 5.54. The van der Waals surface area contributed by atoms with Crippen molar-refractivity contribution in [1.82, 2.24) is 19.9 Å². The molecule has 6 heteroatoms. The molecule has 4 heterocycles. The highest BCUT2D eigenvalue weighted by molar-refractivity contribution is 7.09. The first-order chi connectivity index (χ1) is 10.8. The Balaban J connectivity index is 1.43. The van der Waals surface area contributed by atoms with Gasteiger partial charge in [0.2, 0.25) is 5.95 Å². The van der Waals surface area contributed by atoms with Gasteiger partial charge in [-0.3, -0.25) is 4.90 Å². The van der Waals surface area contributed by atoms with Gasteiger partial charge in [0.25, 0.3) is 0 Å². The van der Waals surface area contributed by atoms with Crippen molar-refractivity contribution in [2.45, 2.75) is 25.8 Å². The van der Waals surface area contributed by atoms with Gasteiger partial charge in [0.15, 0.2) is 0 Å². The van der Waals surface area contributed by atoms with Crippen LogP contribution in [0.4, 0.5) is 5.95 Å². The molecule has 116 valence electrons. The third kappa shape index (κ3) is 2.85. The molecule has 5 nitrogen and oxygen atoms in total. The van der Waals surface area contributed by atoms with E-state index < -0.39 is 0 Å². The Morgan fingerprint density at radius 1 is 1.05 bits per heavy atom. The summed E-state index contributed by atoms with van der Waals surface area (Å²) >= 11 is 1.76. The molecule has 0 unspecified atom stereocenters. The first-order valence-electron chi connectivity index (χ1n) is 7.96. The van der Waals surface area contributed by atoms with Gasteiger partial charge in [0, 0.05) is 49.0 Å². The van der Waals surface area contributed by atoms with Crippen LogP contribution in [0.15, 0.2) is 30.0 Å². The SMILES string of the molecule is c1cnc(N2CC[C@@]3(CCCN(Cc4nccs4)C3)C2)nc1. The molecule has 0 radical (unpaired) electrons. The molecule has 2 aromatic rings. The summed E-state index contributed by atoms with van der Waals surface area (Å²) < 4.78 is 0. The van der Waals surface area contributed by atoms with E-state index in [1.807, 2.05) is 24.7 Å². The van der Waals surface area contributed by atoms with Crippen LogP contribution in [0.1, 0.15) is 24.3 Å². The Labute approximate surface area is 135 Å². The monoisotopic (exact) mass is 315 g/mol. The van der Waals surface area contributed by atoms with E-state index in [9.17, 15) is 0 Å². The molecule has 4 rings (SSSR count). The molecule has 1 atom stereocenters. The predicted octanol–water partition coefficient (Wildman–Crippen LogP) is 2.43. The Morgan fingerprint density at radius 2 is 1.95 bits per heavy atom. The van der Waals surface area contributed by atoms with Gasteiger partial charge in [0.05, 0.1) is 6.54 Å². The van der Waals surface area contributed by atoms with Crippen molar-refractivity contribution in [2.24, 2.45) is 5.41 Å². The standard InChI is InChI=1S/C16H21N5S/c1-3-16(12-20(8-1)11-14-17-7-10-22-14)4-9-21(13-16)15-18-5-2-6-19-15/h2,5-7,10H,1,3-4,8-9,11-13H2/t16-/m1/s1. The van der Waals surface area contributed by atoms with Gasteiger partial charge < -0.3 is 4.90 Å². The summed E-state index contributed by atoms with van der Waals surface area (Å²) in [6.07, 6.45) is 9.44. The maximum atomic E-state index is 4.43. The molecule has 1 spiro atoms. The molecular formula is C16H21N5S. The summed E-state index contributed by atoms with van der Waals surface area (Å²) in [7, 11) is 0. The van der Waals surface area contributed by atoms with Crippen molar-refractivity contribution in [2.75, 3.05) is 31.1 Å². The molecule has 22 heavy (non-hydrogen) atoms. The summed E-state index contributed by atoms with van der Waals surface area (Å²) in [5.74, 6) is 0.886. The number of thiazole rings is 1. The molecule has 0 aliphatic carbocycles. The van der Waals surface area contributed by atoms with Crippen LogP contribution in [0.2, 0.25) is 0 Å². The molecule has 0 amide bonds. The van der Waals surface area contributed by atoms with E-state index in [0.717, 1.165) is 25.6 Å². The van der Waals surface area contributed by atoms with Crippen LogP contribution in [-0.2, 0) is 6.54 Å². The molecule has 0 saturated carbocycles. The van der Waals surface area contributed by atoms with Gasteiger partial charge >= 0.3 is 0 Å². The molecule has 0 aromatic carbocycles. The van der Waals surface area contributed by atoms with Crippen LogP contribution in [0, 0.1) is 5.41 Å². The zero-order valence-electron chi connectivity index (χ0n) is 12.7. The van der Waals surface area contributed by atoms with Gasteiger partial charge in [-0.15, -0.1) is 11.3 Å². The van der Waals surface area contributed by atoms with Gasteiger partial charge in [-0.1, -0.05) is 0 Å². The van der Waals surface area contributed by atoms with Crippen LogP contribution in [0.5, 0.6) is 0 Å². The lowest BCUT2D eigenvalue weighted by Crippen LogP contribution is -2.44. The summed E-state index contributed by atoms with van der Waals surface area (Å²) in [5.41, 5.74) is 0.411. The number of aromatic nitrogens is 3. The van der Waals surface area contributed by atoms with E-state index in [0.29, 0.717) is 5.41 Å². The molecule has 2 aliphatic heterocycles. The minimum absolute atomic E-state index is 0.411. The van der Waals surface area contributed by atoms with Crippen LogP contribution >= 0.6 is 11.3 Å². The topological polar surface area (TPSA) is 45.2 Å². The summed E-state index contributed by atoms with van der Waals surface area (Å²) in [5, 5.41) is 3.30. The lowest BCUT2D eigenvalue weighted by molar-refractivity contribution is 0.0990. The van der Waals surface area contributed by atoms with Crippen LogP contribution in [0.25, 0.3) is 0 Å². The smallest absolute Gasteiger partial charge is 0.225 e. The van der Waals surface area contributed by atoms with Gasteiger partial charge in [0.1, 0.15) is 5.01 Å².